The van der Waals surface area contributed by atoms with E-state index in [4.69, 9.17) is 9.52 Å². The quantitative estimate of drug-likeness (QED) is 0.255. The summed E-state index contributed by atoms with van der Waals surface area (Å²) in [7, 11) is -3.85. The van der Waals surface area contributed by atoms with Crippen molar-refractivity contribution >= 4 is 44.0 Å². The van der Waals surface area contributed by atoms with Crippen LogP contribution in [0.25, 0.3) is 11.0 Å². The van der Waals surface area contributed by atoms with Crippen LogP contribution in [0.15, 0.2) is 52.0 Å². The molecule has 210 valence electrons. The number of hydrogen-bond acceptors (Lipinski definition) is 8. The van der Waals surface area contributed by atoms with Crippen molar-refractivity contribution in [2.45, 2.75) is 50.0 Å². The fourth-order valence-corrected chi connectivity index (χ4v) is 6.18. The lowest BCUT2D eigenvalue weighted by molar-refractivity contribution is 0.102. The topological polar surface area (TPSA) is 144 Å². The number of sulfonamides is 1. The van der Waals surface area contributed by atoms with Crippen LogP contribution in [-0.4, -0.2) is 62.9 Å². The average Bonchev–Trinajstić information content (AvgIpc) is 3.48. The number of carbonyl (C=O) groups is 1. The molecular formula is C28H36N4O6S. The Morgan fingerprint density at radius 1 is 1.08 bits per heavy atom. The van der Waals surface area contributed by atoms with E-state index in [1.807, 2.05) is 19.9 Å². The van der Waals surface area contributed by atoms with Crippen molar-refractivity contribution in [3.05, 3.63) is 48.2 Å². The monoisotopic (exact) mass is 556 g/mol. The minimum Gasteiger partial charge on any atom is -0.462 e. The summed E-state index contributed by atoms with van der Waals surface area (Å²) in [5, 5.41) is 25.9. The lowest BCUT2D eigenvalue weighted by atomic mass is 9.93. The standard InChI is InChI=1S/C28H36N4O6S/c1-27(2,18-34)31-23-16-20(15-19-5-14-38-25(19)23)30-26(35)22-4-3-21(39(36,37)29-10-13-33)17-24(22)32-11-8-28(6-7-28)9-12-32/h3-5,14-17,29,31,33-34H,6-13,18H2,1-2H3,(H,30,35). The molecule has 11 heteroatoms. The number of rotatable bonds is 10. The van der Waals surface area contributed by atoms with Crippen LogP contribution in [-0.2, 0) is 10.0 Å². The number of fused-ring (bicyclic) bond motifs is 1. The fraction of sp³-hybridized carbons (Fsp3) is 0.464. The molecule has 10 nitrogen and oxygen atoms in total. The molecule has 5 rings (SSSR count). The highest BCUT2D eigenvalue weighted by molar-refractivity contribution is 7.89. The predicted molar refractivity (Wildman–Crippen MR) is 151 cm³/mol. The van der Waals surface area contributed by atoms with Gasteiger partial charge in [-0.3, -0.25) is 4.79 Å². The first-order chi connectivity index (χ1) is 18.5. The number of anilines is 3. The van der Waals surface area contributed by atoms with E-state index in [9.17, 15) is 18.3 Å². The van der Waals surface area contributed by atoms with Gasteiger partial charge in [-0.2, -0.15) is 0 Å². The second-order valence-corrected chi connectivity index (χ2v) is 13.0. The first kappa shape index (κ1) is 27.4. The number of aliphatic hydroxyl groups excluding tert-OH is 2. The van der Waals surface area contributed by atoms with Gasteiger partial charge in [0, 0.05) is 30.7 Å². The van der Waals surface area contributed by atoms with Gasteiger partial charge in [0.15, 0.2) is 5.58 Å². The van der Waals surface area contributed by atoms with Crippen molar-refractivity contribution in [3.63, 3.8) is 0 Å². The first-order valence-corrected chi connectivity index (χ1v) is 14.7. The zero-order valence-electron chi connectivity index (χ0n) is 22.3. The van der Waals surface area contributed by atoms with Gasteiger partial charge in [0.2, 0.25) is 10.0 Å². The molecule has 3 aromatic rings. The van der Waals surface area contributed by atoms with Crippen molar-refractivity contribution < 1.29 is 27.8 Å². The highest BCUT2D eigenvalue weighted by atomic mass is 32.2. The number of piperidine rings is 1. The summed E-state index contributed by atoms with van der Waals surface area (Å²) in [6.45, 7) is 4.70. The Morgan fingerprint density at radius 3 is 2.49 bits per heavy atom. The Kier molecular flexibility index (Phi) is 7.36. The molecule has 1 saturated heterocycles. The maximum Gasteiger partial charge on any atom is 0.257 e. The van der Waals surface area contributed by atoms with Gasteiger partial charge >= 0.3 is 0 Å². The normalized spacial score (nSPS) is 17.0. The zero-order valence-corrected chi connectivity index (χ0v) is 23.1. The number of nitrogens with zero attached hydrogens (tertiary/aromatic N) is 1. The smallest absolute Gasteiger partial charge is 0.257 e. The molecule has 1 aliphatic heterocycles. The van der Waals surface area contributed by atoms with Crippen molar-refractivity contribution in [1.29, 1.82) is 0 Å². The second kappa shape index (κ2) is 10.5. The van der Waals surface area contributed by atoms with Crippen LogP contribution in [0.1, 0.15) is 49.9 Å². The molecule has 5 N–H and O–H groups in total. The van der Waals surface area contributed by atoms with Crippen molar-refractivity contribution in [2.24, 2.45) is 5.41 Å². The van der Waals surface area contributed by atoms with Crippen LogP contribution in [0, 0.1) is 5.41 Å². The highest BCUT2D eigenvalue weighted by Gasteiger charge is 2.44. The second-order valence-electron chi connectivity index (χ2n) is 11.3. The molecule has 2 fully saturated rings. The third-order valence-electron chi connectivity index (χ3n) is 7.73. The van der Waals surface area contributed by atoms with Gasteiger partial charge in [0.1, 0.15) is 0 Å². The van der Waals surface area contributed by atoms with Crippen LogP contribution >= 0.6 is 0 Å². The molecule has 39 heavy (non-hydrogen) atoms. The molecule has 2 aromatic carbocycles. The van der Waals surface area contributed by atoms with Crippen molar-refractivity contribution in [2.75, 3.05) is 48.4 Å². The highest BCUT2D eigenvalue weighted by Crippen LogP contribution is 2.54. The van der Waals surface area contributed by atoms with Gasteiger partial charge in [0.05, 0.1) is 46.8 Å². The lowest BCUT2D eigenvalue weighted by Gasteiger charge is -2.35. The van der Waals surface area contributed by atoms with Gasteiger partial charge in [0.25, 0.3) is 5.91 Å². The molecule has 1 amide bonds. The Hall–Kier alpha value is -3.12. The summed E-state index contributed by atoms with van der Waals surface area (Å²) in [6, 6.07) is 9.88. The van der Waals surface area contributed by atoms with Crippen LogP contribution in [0.4, 0.5) is 17.1 Å². The largest absolute Gasteiger partial charge is 0.462 e. The van der Waals surface area contributed by atoms with Gasteiger partial charge < -0.3 is 30.2 Å². The maximum absolute atomic E-state index is 13.7. The summed E-state index contributed by atoms with van der Waals surface area (Å²) in [4.78, 5) is 15.8. The van der Waals surface area contributed by atoms with E-state index in [0.29, 0.717) is 33.6 Å². The lowest BCUT2D eigenvalue weighted by Crippen LogP contribution is -2.36. The molecular weight excluding hydrogens is 520 g/mol. The summed E-state index contributed by atoms with van der Waals surface area (Å²) < 4.78 is 33.6. The van der Waals surface area contributed by atoms with E-state index in [0.717, 1.165) is 31.3 Å². The number of hydrogen-bond donors (Lipinski definition) is 5. The third kappa shape index (κ3) is 5.91. The Bertz CT molecular complexity index is 1470. The van der Waals surface area contributed by atoms with Crippen LogP contribution in [0.3, 0.4) is 0 Å². The molecule has 0 unspecified atom stereocenters. The average molecular weight is 557 g/mol. The third-order valence-corrected chi connectivity index (χ3v) is 9.19. The number of carbonyl (C=O) groups excluding carboxylic acids is 1. The minimum atomic E-state index is -3.85. The van der Waals surface area contributed by atoms with Gasteiger partial charge in [-0.25, -0.2) is 13.1 Å². The van der Waals surface area contributed by atoms with E-state index in [-0.39, 0.29) is 30.6 Å². The summed E-state index contributed by atoms with van der Waals surface area (Å²) in [6.07, 6.45) is 6.06. The molecule has 0 radical (unpaired) electrons. The molecule has 1 aliphatic carbocycles. The van der Waals surface area contributed by atoms with Crippen molar-refractivity contribution in [1.82, 2.24) is 4.72 Å². The number of amides is 1. The molecule has 1 spiro atoms. The Balaban J connectivity index is 1.47. The molecule has 2 aliphatic rings. The van der Waals surface area contributed by atoms with E-state index in [1.54, 1.807) is 30.5 Å². The summed E-state index contributed by atoms with van der Waals surface area (Å²) in [5.41, 5.74) is 2.52. The van der Waals surface area contributed by atoms with Gasteiger partial charge in [-0.15, -0.1) is 0 Å². The van der Waals surface area contributed by atoms with Gasteiger partial charge in [-0.05, 0) is 81.3 Å². The number of aliphatic hydroxyl groups is 2. The predicted octanol–water partition coefficient (Wildman–Crippen LogP) is 3.52. The first-order valence-electron chi connectivity index (χ1n) is 13.3. The van der Waals surface area contributed by atoms with Crippen LogP contribution in [0.5, 0.6) is 0 Å². The summed E-state index contributed by atoms with van der Waals surface area (Å²) >= 11 is 0. The molecule has 0 atom stereocenters. The number of benzene rings is 2. The van der Waals surface area contributed by atoms with Crippen LogP contribution < -0.4 is 20.3 Å². The Labute approximate surface area is 228 Å². The fourth-order valence-electron chi connectivity index (χ4n) is 5.14. The summed E-state index contributed by atoms with van der Waals surface area (Å²) in [5.74, 6) is -0.362. The maximum atomic E-state index is 13.7. The Morgan fingerprint density at radius 2 is 1.82 bits per heavy atom. The van der Waals surface area contributed by atoms with E-state index < -0.39 is 15.6 Å². The molecule has 2 heterocycles. The van der Waals surface area contributed by atoms with E-state index >= 15 is 0 Å². The molecule has 0 bridgehead atoms. The minimum absolute atomic E-state index is 0.0479. The van der Waals surface area contributed by atoms with Gasteiger partial charge in [-0.1, -0.05) is 0 Å². The van der Waals surface area contributed by atoms with E-state index in [1.165, 1.54) is 18.9 Å². The van der Waals surface area contributed by atoms with E-state index in [2.05, 4.69) is 20.3 Å². The number of nitrogens with one attached hydrogen (secondary N) is 3. The number of furan rings is 1. The van der Waals surface area contributed by atoms with Crippen LogP contribution in [0.2, 0.25) is 0 Å². The molecule has 1 saturated carbocycles. The SMILES string of the molecule is CC(C)(CO)Nc1cc(NC(=O)c2ccc(S(=O)(=O)NCCO)cc2N2CCC3(CC2)CC3)cc2ccoc12. The zero-order chi connectivity index (χ0) is 27.8. The van der Waals surface area contributed by atoms with Crippen molar-refractivity contribution in [3.8, 4) is 0 Å². The molecule has 1 aromatic heterocycles.